The number of amides is 1. The van der Waals surface area contributed by atoms with Crippen LogP contribution >= 0.6 is 11.8 Å². The summed E-state index contributed by atoms with van der Waals surface area (Å²) in [6.07, 6.45) is 2.02. The Hall–Kier alpha value is -4.11. The molecule has 5 rings (SSSR count). The second-order valence-corrected chi connectivity index (χ2v) is 9.31. The van der Waals surface area contributed by atoms with E-state index in [1.54, 1.807) is 11.8 Å². The van der Waals surface area contributed by atoms with Gasteiger partial charge in [-0.05, 0) is 58.3 Å². The molecule has 0 radical (unpaired) electrons. The van der Waals surface area contributed by atoms with Gasteiger partial charge in [-0.3, -0.25) is 4.79 Å². The van der Waals surface area contributed by atoms with E-state index in [0.717, 1.165) is 39.0 Å². The zero-order valence-electron chi connectivity index (χ0n) is 20.0. The van der Waals surface area contributed by atoms with Crippen molar-refractivity contribution in [2.24, 2.45) is 0 Å². The number of fused-ring (bicyclic) bond motifs is 1. The average molecular weight is 499 g/mol. The Morgan fingerprint density at radius 1 is 1.08 bits per heavy atom. The van der Waals surface area contributed by atoms with Crippen molar-refractivity contribution in [3.63, 3.8) is 0 Å². The lowest BCUT2D eigenvalue weighted by Gasteiger charge is -2.18. The van der Waals surface area contributed by atoms with Gasteiger partial charge in [0, 0.05) is 29.6 Å². The van der Waals surface area contributed by atoms with Crippen LogP contribution in [0.25, 0.3) is 16.6 Å². The van der Waals surface area contributed by atoms with Crippen LogP contribution in [-0.4, -0.2) is 50.5 Å². The number of nitrogens with one attached hydrogen (secondary N) is 2. The number of aromatic nitrogens is 5. The molecule has 182 valence electrons. The minimum Gasteiger partial charge on any atom is -0.497 e. The molecule has 0 bridgehead atoms. The van der Waals surface area contributed by atoms with E-state index in [4.69, 9.17) is 4.74 Å². The Balaban J connectivity index is 1.31. The maximum absolute atomic E-state index is 12.9. The molecule has 9 heteroatoms. The van der Waals surface area contributed by atoms with Crippen LogP contribution in [-0.2, 0) is 4.79 Å². The molecule has 0 aliphatic rings. The number of rotatable bonds is 9. The van der Waals surface area contributed by atoms with Gasteiger partial charge in [-0.1, -0.05) is 60.3 Å². The SMILES string of the molecule is COc1ccc(C(CNC(=O)CSc2nnnn2-c2ccccc2C)c2c[nH]c3ccccc23)cc1. The van der Waals surface area contributed by atoms with Crippen molar-refractivity contribution in [1.82, 2.24) is 30.5 Å². The van der Waals surface area contributed by atoms with E-state index in [9.17, 15) is 4.79 Å². The lowest BCUT2D eigenvalue weighted by molar-refractivity contribution is -0.118. The van der Waals surface area contributed by atoms with Crippen LogP contribution in [0.3, 0.4) is 0 Å². The summed E-state index contributed by atoms with van der Waals surface area (Å²) in [7, 11) is 1.65. The van der Waals surface area contributed by atoms with Crippen molar-refractivity contribution in [3.8, 4) is 11.4 Å². The summed E-state index contributed by atoms with van der Waals surface area (Å²) in [6.45, 7) is 2.46. The van der Waals surface area contributed by atoms with E-state index in [1.807, 2.05) is 73.8 Å². The number of aryl methyl sites for hydroxylation is 1. The smallest absolute Gasteiger partial charge is 0.230 e. The van der Waals surface area contributed by atoms with Gasteiger partial charge in [-0.25, -0.2) is 0 Å². The molecule has 0 aliphatic heterocycles. The van der Waals surface area contributed by atoms with Crippen LogP contribution in [0.4, 0.5) is 0 Å². The highest BCUT2D eigenvalue weighted by Gasteiger charge is 2.20. The molecular weight excluding hydrogens is 472 g/mol. The number of tetrazole rings is 1. The van der Waals surface area contributed by atoms with E-state index in [0.29, 0.717) is 11.7 Å². The molecule has 0 saturated heterocycles. The Morgan fingerprint density at radius 3 is 2.67 bits per heavy atom. The number of carbonyl (C=O) groups is 1. The Kier molecular flexibility index (Phi) is 6.99. The van der Waals surface area contributed by atoms with Crippen molar-refractivity contribution in [2.45, 2.75) is 18.0 Å². The van der Waals surface area contributed by atoms with E-state index in [2.05, 4.69) is 38.0 Å². The van der Waals surface area contributed by atoms with Crippen LogP contribution in [0.2, 0.25) is 0 Å². The molecule has 0 saturated carbocycles. The third-order valence-corrected chi connectivity index (χ3v) is 7.05. The van der Waals surface area contributed by atoms with Crippen molar-refractivity contribution in [1.29, 1.82) is 0 Å². The van der Waals surface area contributed by atoms with Gasteiger partial charge < -0.3 is 15.0 Å². The van der Waals surface area contributed by atoms with Crippen LogP contribution in [0.15, 0.2) is 84.1 Å². The number of thioether (sulfide) groups is 1. The van der Waals surface area contributed by atoms with Gasteiger partial charge in [0.05, 0.1) is 18.6 Å². The molecule has 36 heavy (non-hydrogen) atoms. The van der Waals surface area contributed by atoms with Gasteiger partial charge in [0.2, 0.25) is 11.1 Å². The first kappa shape index (κ1) is 23.6. The average Bonchev–Trinajstić information content (AvgIpc) is 3.56. The quantitative estimate of drug-likeness (QED) is 0.291. The van der Waals surface area contributed by atoms with Crippen molar-refractivity contribution >= 4 is 28.6 Å². The number of para-hydroxylation sites is 2. The predicted molar refractivity (Wildman–Crippen MR) is 141 cm³/mol. The maximum Gasteiger partial charge on any atom is 0.230 e. The highest BCUT2D eigenvalue weighted by molar-refractivity contribution is 7.99. The third kappa shape index (κ3) is 4.96. The molecule has 5 aromatic rings. The van der Waals surface area contributed by atoms with Gasteiger partial charge in [-0.2, -0.15) is 4.68 Å². The summed E-state index contributed by atoms with van der Waals surface area (Å²) in [5, 5.41) is 16.8. The molecule has 0 spiro atoms. The summed E-state index contributed by atoms with van der Waals surface area (Å²) in [5.41, 5.74) is 5.24. The number of aromatic amines is 1. The molecule has 1 unspecified atom stereocenters. The summed E-state index contributed by atoms with van der Waals surface area (Å²) < 4.78 is 6.99. The van der Waals surface area contributed by atoms with E-state index in [1.165, 1.54) is 11.8 Å². The van der Waals surface area contributed by atoms with Crippen molar-refractivity contribution < 1.29 is 9.53 Å². The van der Waals surface area contributed by atoms with E-state index < -0.39 is 0 Å². The Morgan fingerprint density at radius 2 is 1.86 bits per heavy atom. The highest BCUT2D eigenvalue weighted by Crippen LogP contribution is 2.31. The fourth-order valence-corrected chi connectivity index (χ4v) is 4.96. The number of hydrogen-bond donors (Lipinski definition) is 2. The Labute approximate surface area is 213 Å². The number of nitrogens with zero attached hydrogens (tertiary/aromatic N) is 4. The van der Waals surface area contributed by atoms with Crippen molar-refractivity contribution in [3.05, 3.63) is 95.7 Å². The van der Waals surface area contributed by atoms with Crippen molar-refractivity contribution in [2.75, 3.05) is 19.4 Å². The number of hydrogen-bond acceptors (Lipinski definition) is 6. The fraction of sp³-hybridized carbons (Fsp3) is 0.185. The molecule has 0 aliphatic carbocycles. The highest BCUT2D eigenvalue weighted by atomic mass is 32.2. The normalized spacial score (nSPS) is 11.9. The predicted octanol–water partition coefficient (Wildman–Crippen LogP) is 4.50. The summed E-state index contributed by atoms with van der Waals surface area (Å²) >= 11 is 1.31. The zero-order chi connectivity index (χ0) is 24.9. The first-order chi connectivity index (χ1) is 17.6. The lowest BCUT2D eigenvalue weighted by atomic mass is 9.91. The number of methoxy groups -OCH3 is 1. The molecular formula is C27H26N6O2S. The fourth-order valence-electron chi connectivity index (χ4n) is 4.24. The van der Waals surface area contributed by atoms with Crippen LogP contribution in [0.1, 0.15) is 22.6 Å². The second kappa shape index (κ2) is 10.7. The first-order valence-electron chi connectivity index (χ1n) is 11.6. The Bertz CT molecular complexity index is 1480. The molecule has 0 fully saturated rings. The topological polar surface area (TPSA) is 97.7 Å². The largest absolute Gasteiger partial charge is 0.497 e. The maximum atomic E-state index is 12.9. The van der Waals surface area contributed by atoms with Crippen LogP contribution in [0.5, 0.6) is 5.75 Å². The van der Waals surface area contributed by atoms with E-state index >= 15 is 0 Å². The molecule has 3 aromatic carbocycles. The molecule has 2 heterocycles. The number of ether oxygens (including phenoxy) is 1. The van der Waals surface area contributed by atoms with Gasteiger partial charge in [-0.15, -0.1) is 5.10 Å². The first-order valence-corrected chi connectivity index (χ1v) is 12.6. The molecule has 1 amide bonds. The third-order valence-electron chi connectivity index (χ3n) is 6.14. The molecule has 2 N–H and O–H groups in total. The van der Waals surface area contributed by atoms with Gasteiger partial charge in [0.25, 0.3) is 0 Å². The minimum atomic E-state index is -0.0855. The lowest BCUT2D eigenvalue weighted by Crippen LogP contribution is -2.30. The number of benzene rings is 3. The minimum absolute atomic E-state index is 0.0294. The zero-order valence-corrected chi connectivity index (χ0v) is 20.8. The van der Waals surface area contributed by atoms with Gasteiger partial charge in [0.15, 0.2) is 0 Å². The number of H-pyrrole nitrogens is 1. The van der Waals surface area contributed by atoms with Crippen LogP contribution in [0, 0.1) is 6.92 Å². The summed E-state index contributed by atoms with van der Waals surface area (Å²) in [5.74, 6) is 0.884. The number of carbonyl (C=O) groups excluding carboxylic acids is 1. The van der Waals surface area contributed by atoms with Gasteiger partial charge in [0.1, 0.15) is 5.75 Å². The summed E-state index contributed by atoms with van der Waals surface area (Å²) in [4.78, 5) is 16.2. The summed E-state index contributed by atoms with van der Waals surface area (Å²) in [6, 6.07) is 24.0. The standard InChI is InChI=1S/C27H26N6O2S/c1-18-7-3-6-10-25(18)33-27(30-31-32-33)36-17-26(34)29-15-22(19-11-13-20(35-2)14-12-19)23-16-28-24-9-5-4-8-21(23)24/h3-14,16,22,28H,15,17H2,1-2H3,(H,29,34). The molecule has 2 aromatic heterocycles. The van der Waals surface area contributed by atoms with E-state index in [-0.39, 0.29) is 17.6 Å². The van der Waals surface area contributed by atoms with Gasteiger partial charge >= 0.3 is 0 Å². The molecule has 8 nitrogen and oxygen atoms in total. The van der Waals surface area contributed by atoms with Crippen LogP contribution < -0.4 is 10.1 Å². The second-order valence-electron chi connectivity index (χ2n) is 8.37. The monoisotopic (exact) mass is 498 g/mol. The molecule has 1 atom stereocenters.